The summed E-state index contributed by atoms with van der Waals surface area (Å²) >= 11 is 0. The Bertz CT molecular complexity index is 601. The molecular weight excluding hydrogens is 297 g/mol. The van der Waals surface area contributed by atoms with Gasteiger partial charge in [-0.3, -0.25) is 4.79 Å². The first-order valence-corrected chi connectivity index (χ1v) is 8.52. The number of sulfone groups is 1. The molecule has 0 aromatic heterocycles. The number of halogens is 1. The van der Waals surface area contributed by atoms with Gasteiger partial charge >= 0.3 is 0 Å². The third-order valence-electron chi connectivity index (χ3n) is 3.04. The van der Waals surface area contributed by atoms with Gasteiger partial charge in [0, 0.05) is 25.8 Å². The van der Waals surface area contributed by atoms with Crippen LogP contribution in [0.15, 0.2) is 18.2 Å². The van der Waals surface area contributed by atoms with E-state index in [1.165, 1.54) is 25.3 Å². The van der Waals surface area contributed by atoms with Gasteiger partial charge in [-0.2, -0.15) is 0 Å². The molecular formula is C14H20FNO4S. The van der Waals surface area contributed by atoms with Crippen LogP contribution in [-0.2, 0) is 9.84 Å². The summed E-state index contributed by atoms with van der Waals surface area (Å²) in [4.78, 5) is 13.8. The fourth-order valence-electron chi connectivity index (χ4n) is 1.80. The van der Waals surface area contributed by atoms with Crippen LogP contribution in [0, 0.1) is 5.82 Å². The molecule has 0 saturated heterocycles. The van der Waals surface area contributed by atoms with Crippen LogP contribution in [0.4, 0.5) is 4.39 Å². The van der Waals surface area contributed by atoms with Crippen molar-refractivity contribution in [3.8, 4) is 5.75 Å². The van der Waals surface area contributed by atoms with Crippen molar-refractivity contribution in [2.75, 3.05) is 39.3 Å². The second kappa shape index (κ2) is 7.51. The van der Waals surface area contributed by atoms with Crippen LogP contribution < -0.4 is 4.74 Å². The number of ketones is 1. The highest BCUT2D eigenvalue weighted by Gasteiger charge is 2.17. The average Bonchev–Trinajstić information content (AvgIpc) is 2.41. The van der Waals surface area contributed by atoms with E-state index in [2.05, 4.69) is 0 Å². The normalized spacial score (nSPS) is 11.7. The summed E-state index contributed by atoms with van der Waals surface area (Å²) in [6, 6.07) is 4.22. The molecule has 7 heteroatoms. The van der Waals surface area contributed by atoms with Crippen LogP contribution in [0.3, 0.4) is 0 Å². The highest BCUT2D eigenvalue weighted by molar-refractivity contribution is 7.90. The maximum absolute atomic E-state index is 13.7. The van der Waals surface area contributed by atoms with Gasteiger partial charge in [0.1, 0.15) is 21.4 Å². The summed E-state index contributed by atoms with van der Waals surface area (Å²) < 4.78 is 40.8. The summed E-state index contributed by atoms with van der Waals surface area (Å²) in [5.74, 6) is -0.742. The molecule has 1 rings (SSSR count). The molecule has 1 aromatic rings. The van der Waals surface area contributed by atoms with E-state index in [-0.39, 0.29) is 29.3 Å². The molecule has 0 aliphatic carbocycles. The molecule has 0 radical (unpaired) electrons. The molecule has 21 heavy (non-hydrogen) atoms. The number of carbonyl (C=O) groups excluding carboxylic acids is 1. The number of Topliss-reactive ketones (excluding diaryl/α,β-unsaturated/α-hetero) is 1. The number of benzene rings is 1. The molecule has 0 fully saturated rings. The smallest absolute Gasteiger partial charge is 0.170 e. The van der Waals surface area contributed by atoms with Crippen LogP contribution in [0.2, 0.25) is 0 Å². The molecule has 0 spiro atoms. The van der Waals surface area contributed by atoms with Crippen molar-refractivity contribution >= 4 is 15.6 Å². The van der Waals surface area contributed by atoms with Gasteiger partial charge < -0.3 is 9.64 Å². The molecule has 0 bridgehead atoms. The van der Waals surface area contributed by atoms with E-state index < -0.39 is 15.7 Å². The van der Waals surface area contributed by atoms with E-state index in [0.29, 0.717) is 13.1 Å². The van der Waals surface area contributed by atoms with Crippen molar-refractivity contribution in [1.82, 2.24) is 4.90 Å². The Hall–Kier alpha value is -1.47. The largest absolute Gasteiger partial charge is 0.496 e. The maximum atomic E-state index is 13.7. The minimum atomic E-state index is -3.03. The first-order chi connectivity index (χ1) is 9.74. The second-order valence-electron chi connectivity index (χ2n) is 4.92. The summed E-state index contributed by atoms with van der Waals surface area (Å²) in [5.41, 5.74) is -0.0588. The number of hydrogen-bond acceptors (Lipinski definition) is 5. The first kappa shape index (κ1) is 17.6. The lowest BCUT2D eigenvalue weighted by molar-refractivity contribution is 0.0963. The Labute approximate surface area is 124 Å². The fraction of sp³-hybridized carbons (Fsp3) is 0.500. The Balaban J connectivity index is 2.62. The monoisotopic (exact) mass is 317 g/mol. The lowest BCUT2D eigenvalue weighted by Gasteiger charge is -2.16. The van der Waals surface area contributed by atoms with Crippen LogP contribution >= 0.6 is 0 Å². The number of nitrogens with zero attached hydrogens (tertiary/aromatic N) is 1. The highest BCUT2D eigenvalue weighted by atomic mass is 32.2. The lowest BCUT2D eigenvalue weighted by atomic mass is 10.1. The van der Waals surface area contributed by atoms with Gasteiger partial charge in [-0.25, -0.2) is 12.8 Å². The van der Waals surface area contributed by atoms with Crippen molar-refractivity contribution in [2.45, 2.75) is 6.42 Å². The predicted octanol–water partition coefficient (Wildman–Crippen LogP) is 1.38. The van der Waals surface area contributed by atoms with Gasteiger partial charge in [-0.05, 0) is 19.2 Å². The average molecular weight is 317 g/mol. The quantitative estimate of drug-likeness (QED) is 0.678. The zero-order valence-electron chi connectivity index (χ0n) is 12.4. The third-order valence-corrected chi connectivity index (χ3v) is 3.96. The Morgan fingerprint density at radius 1 is 1.33 bits per heavy atom. The van der Waals surface area contributed by atoms with Crippen LogP contribution in [0.1, 0.15) is 16.8 Å². The molecule has 0 atom stereocenters. The van der Waals surface area contributed by atoms with Crippen molar-refractivity contribution in [3.05, 3.63) is 29.6 Å². The molecule has 0 amide bonds. The summed E-state index contributed by atoms with van der Waals surface area (Å²) in [7, 11) is 0.0641. The number of hydrogen-bond donors (Lipinski definition) is 0. The molecule has 5 nitrogen and oxygen atoms in total. The minimum Gasteiger partial charge on any atom is -0.496 e. The van der Waals surface area contributed by atoms with Crippen LogP contribution in [0.5, 0.6) is 5.75 Å². The van der Waals surface area contributed by atoms with E-state index in [1.807, 2.05) is 0 Å². The van der Waals surface area contributed by atoms with Gasteiger partial charge in [0.15, 0.2) is 5.78 Å². The predicted molar refractivity (Wildman–Crippen MR) is 79.1 cm³/mol. The van der Waals surface area contributed by atoms with E-state index >= 15 is 0 Å². The molecule has 0 unspecified atom stereocenters. The van der Waals surface area contributed by atoms with Gasteiger partial charge in [-0.1, -0.05) is 6.07 Å². The molecule has 0 aliphatic rings. The molecule has 118 valence electrons. The fourth-order valence-corrected chi connectivity index (χ4v) is 2.44. The standard InChI is InChI=1S/C14H20FNO4S/c1-16(9-10-21(3,18)19)8-7-12(17)14-11(15)5-4-6-13(14)20-2/h4-6H,7-10H2,1-3H3. The SMILES string of the molecule is COc1cccc(F)c1C(=O)CCN(C)CCS(C)(=O)=O. The number of carbonyl (C=O) groups is 1. The number of rotatable bonds is 8. The van der Waals surface area contributed by atoms with E-state index in [9.17, 15) is 17.6 Å². The van der Waals surface area contributed by atoms with Crippen molar-refractivity contribution in [2.24, 2.45) is 0 Å². The number of ether oxygens (including phenoxy) is 1. The summed E-state index contributed by atoms with van der Waals surface area (Å²) in [6.07, 6.45) is 1.26. The lowest BCUT2D eigenvalue weighted by Crippen LogP contribution is -2.27. The summed E-state index contributed by atoms with van der Waals surface area (Å²) in [5, 5.41) is 0. The molecule has 0 aliphatic heterocycles. The second-order valence-corrected chi connectivity index (χ2v) is 7.18. The topological polar surface area (TPSA) is 63.7 Å². The van der Waals surface area contributed by atoms with Gasteiger partial charge in [-0.15, -0.1) is 0 Å². The van der Waals surface area contributed by atoms with Gasteiger partial charge in [0.05, 0.1) is 18.4 Å². The van der Waals surface area contributed by atoms with Crippen molar-refractivity contribution in [1.29, 1.82) is 0 Å². The van der Waals surface area contributed by atoms with E-state index in [1.54, 1.807) is 11.9 Å². The van der Waals surface area contributed by atoms with Gasteiger partial charge in [0.25, 0.3) is 0 Å². The van der Waals surface area contributed by atoms with Crippen molar-refractivity contribution < 1.29 is 22.3 Å². The minimum absolute atomic E-state index is 0.0285. The molecule has 1 aromatic carbocycles. The molecule has 0 saturated carbocycles. The van der Waals surface area contributed by atoms with E-state index in [4.69, 9.17) is 4.74 Å². The maximum Gasteiger partial charge on any atom is 0.170 e. The van der Waals surface area contributed by atoms with Crippen molar-refractivity contribution in [3.63, 3.8) is 0 Å². The van der Waals surface area contributed by atoms with E-state index in [0.717, 1.165) is 6.26 Å². The third kappa shape index (κ3) is 5.81. The first-order valence-electron chi connectivity index (χ1n) is 6.46. The highest BCUT2D eigenvalue weighted by Crippen LogP contribution is 2.22. The zero-order chi connectivity index (χ0) is 16.0. The van der Waals surface area contributed by atoms with Crippen LogP contribution in [0.25, 0.3) is 0 Å². The van der Waals surface area contributed by atoms with Crippen LogP contribution in [-0.4, -0.2) is 58.4 Å². The Morgan fingerprint density at radius 2 is 2.00 bits per heavy atom. The Morgan fingerprint density at radius 3 is 2.57 bits per heavy atom. The molecule has 0 heterocycles. The number of methoxy groups -OCH3 is 1. The van der Waals surface area contributed by atoms with Gasteiger partial charge in [0.2, 0.25) is 0 Å². The zero-order valence-corrected chi connectivity index (χ0v) is 13.2. The summed E-state index contributed by atoms with van der Waals surface area (Å²) in [6.45, 7) is 0.687. The molecule has 0 N–H and O–H groups in total. The Kier molecular flexibility index (Phi) is 6.29.